The minimum absolute atomic E-state index is 0.0184. The van der Waals surface area contributed by atoms with Crippen LogP contribution in [0.3, 0.4) is 0 Å². The molecule has 0 bridgehead atoms. The van der Waals surface area contributed by atoms with Crippen molar-refractivity contribution in [2.24, 2.45) is 23.2 Å². The molecule has 0 saturated heterocycles. The zero-order valence-electron chi connectivity index (χ0n) is 26.3. The van der Waals surface area contributed by atoms with Gasteiger partial charge in [0, 0.05) is 11.8 Å². The second-order valence-corrected chi connectivity index (χ2v) is 12.1. The van der Waals surface area contributed by atoms with Gasteiger partial charge < -0.3 is 19.7 Å². The van der Waals surface area contributed by atoms with Crippen LogP contribution in [0.1, 0.15) is 66.7 Å². The number of hydrogen-bond donors (Lipinski definition) is 2. The van der Waals surface area contributed by atoms with Crippen molar-refractivity contribution < 1.29 is 108 Å². The lowest BCUT2D eigenvalue weighted by atomic mass is 9.65. The molecule has 1 rings (SSSR count). The average Bonchev–Trinajstić information content (AvgIpc) is 2.90. The summed E-state index contributed by atoms with van der Waals surface area (Å²) in [6, 6.07) is 0. The SMILES string of the molecule is CCC(C)(C)C(=O)OC1CC(C(O)(C(F)(F)F)C(F)(F)F)CC(C(O)(C(F)(F)F)C(F)(F)F)C1.CCC(C)C(=O)OC(C(F)(F)F)C(F)(F)F. The Labute approximate surface area is 271 Å². The number of carbonyl (C=O) groups is 2. The Morgan fingerprint density at radius 1 is 0.640 bits per heavy atom. The van der Waals surface area contributed by atoms with E-state index in [1.165, 1.54) is 34.6 Å². The Kier molecular flexibility index (Phi) is 14.6. The van der Waals surface area contributed by atoms with E-state index in [4.69, 9.17) is 4.74 Å². The molecule has 0 aliphatic heterocycles. The van der Waals surface area contributed by atoms with E-state index in [0.29, 0.717) is 0 Å². The van der Waals surface area contributed by atoms with Gasteiger partial charge in [0.15, 0.2) is 0 Å². The summed E-state index contributed by atoms with van der Waals surface area (Å²) in [6.07, 6.45) is -49.3. The Bertz CT molecular complexity index is 1050. The van der Waals surface area contributed by atoms with Gasteiger partial charge in [0.1, 0.15) is 6.10 Å². The van der Waals surface area contributed by atoms with Crippen molar-refractivity contribution in [1.29, 1.82) is 0 Å². The van der Waals surface area contributed by atoms with Crippen molar-refractivity contribution in [1.82, 2.24) is 0 Å². The molecule has 3 atom stereocenters. The summed E-state index contributed by atoms with van der Waals surface area (Å²) in [5, 5.41) is 19.2. The standard InChI is InChI=1S/C18H22F12O4.C8H10F6O2/c1-4-12(2,3)11(31)34-10-6-8(13(32,15(19,20)21)16(22,23)24)5-9(7-10)14(33,17(25,26)27)18(28,29)30;1-3-4(2)5(15)16-6(7(9,10)11)8(12,13)14/h8-10,32-33H,4-7H2,1-3H3;4,6H,3H2,1-2H3. The topological polar surface area (TPSA) is 93.1 Å². The molecule has 0 spiro atoms. The van der Waals surface area contributed by atoms with Crippen molar-refractivity contribution in [3.8, 4) is 0 Å². The summed E-state index contributed by atoms with van der Waals surface area (Å²) in [5.74, 6) is -10.6. The van der Waals surface area contributed by atoms with Gasteiger partial charge in [-0.3, -0.25) is 9.59 Å². The first-order valence-electron chi connectivity index (χ1n) is 14.0. The summed E-state index contributed by atoms with van der Waals surface area (Å²) in [5.41, 5.74) is -12.9. The fourth-order valence-electron chi connectivity index (χ4n) is 4.47. The minimum Gasteiger partial charge on any atom is -0.462 e. The second-order valence-electron chi connectivity index (χ2n) is 12.1. The summed E-state index contributed by atoms with van der Waals surface area (Å²) >= 11 is 0. The second kappa shape index (κ2) is 15.3. The molecule has 3 unspecified atom stereocenters. The van der Waals surface area contributed by atoms with E-state index in [-0.39, 0.29) is 12.8 Å². The smallest absolute Gasteiger partial charge is 0.434 e. The molecular formula is C26H32F18O6. The highest BCUT2D eigenvalue weighted by atomic mass is 19.4. The first kappa shape index (κ1) is 47.6. The third kappa shape index (κ3) is 10.6. The van der Waals surface area contributed by atoms with Crippen molar-refractivity contribution in [3.63, 3.8) is 0 Å². The number of alkyl halides is 18. The molecule has 0 radical (unpaired) electrons. The van der Waals surface area contributed by atoms with Crippen LogP contribution in [-0.4, -0.2) is 82.6 Å². The molecule has 0 aromatic rings. The minimum atomic E-state index is -6.58. The summed E-state index contributed by atoms with van der Waals surface area (Å²) in [4.78, 5) is 23.1. The monoisotopic (exact) mass is 782 g/mol. The van der Waals surface area contributed by atoms with Gasteiger partial charge in [0.2, 0.25) is 0 Å². The van der Waals surface area contributed by atoms with Crippen LogP contribution < -0.4 is 0 Å². The molecule has 0 aromatic carbocycles. The van der Waals surface area contributed by atoms with E-state index < -0.39 is 115 Å². The molecular weight excluding hydrogens is 750 g/mol. The maximum Gasteiger partial charge on any atom is 0.434 e. The lowest BCUT2D eigenvalue weighted by Crippen LogP contribution is -2.67. The van der Waals surface area contributed by atoms with E-state index >= 15 is 0 Å². The van der Waals surface area contributed by atoms with E-state index in [1.54, 1.807) is 0 Å². The van der Waals surface area contributed by atoms with Gasteiger partial charge in [0.25, 0.3) is 17.3 Å². The van der Waals surface area contributed by atoms with Gasteiger partial charge in [0.05, 0.1) is 11.3 Å². The zero-order chi connectivity index (χ0) is 40.5. The van der Waals surface area contributed by atoms with Crippen LogP contribution in [-0.2, 0) is 19.1 Å². The Hall–Kier alpha value is -2.40. The molecule has 50 heavy (non-hydrogen) atoms. The van der Waals surface area contributed by atoms with Gasteiger partial charge in [-0.15, -0.1) is 0 Å². The molecule has 1 saturated carbocycles. The number of esters is 2. The highest BCUT2D eigenvalue weighted by Gasteiger charge is 2.78. The number of rotatable bonds is 8. The fourth-order valence-corrected chi connectivity index (χ4v) is 4.47. The predicted molar refractivity (Wildman–Crippen MR) is 130 cm³/mol. The first-order valence-corrected chi connectivity index (χ1v) is 14.0. The van der Waals surface area contributed by atoms with Crippen LogP contribution in [0.4, 0.5) is 79.0 Å². The van der Waals surface area contributed by atoms with E-state index in [2.05, 4.69) is 4.74 Å². The van der Waals surface area contributed by atoms with Crippen LogP contribution in [0.15, 0.2) is 0 Å². The summed E-state index contributed by atoms with van der Waals surface area (Å²) in [7, 11) is 0. The third-order valence-corrected chi connectivity index (χ3v) is 8.13. The molecule has 0 aromatic heterocycles. The maximum absolute atomic E-state index is 13.3. The maximum atomic E-state index is 13.3. The summed E-state index contributed by atoms with van der Waals surface area (Å²) < 4.78 is 240. The van der Waals surface area contributed by atoms with Crippen LogP contribution >= 0.6 is 0 Å². The molecule has 298 valence electrons. The molecule has 1 aliphatic rings. The number of halogens is 18. The number of hydrogen-bond acceptors (Lipinski definition) is 6. The van der Waals surface area contributed by atoms with Crippen LogP contribution in [0, 0.1) is 23.2 Å². The zero-order valence-corrected chi connectivity index (χ0v) is 26.3. The van der Waals surface area contributed by atoms with Crippen LogP contribution in [0.2, 0.25) is 0 Å². The quantitative estimate of drug-likeness (QED) is 0.190. The van der Waals surface area contributed by atoms with Gasteiger partial charge >= 0.3 is 49.0 Å². The van der Waals surface area contributed by atoms with Gasteiger partial charge in [-0.05, 0) is 46.0 Å². The van der Waals surface area contributed by atoms with E-state index in [9.17, 15) is 98.8 Å². The van der Waals surface area contributed by atoms with E-state index in [0.717, 1.165) is 0 Å². The van der Waals surface area contributed by atoms with Crippen LogP contribution in [0.25, 0.3) is 0 Å². The van der Waals surface area contributed by atoms with E-state index in [1.807, 2.05) is 0 Å². The highest BCUT2D eigenvalue weighted by Crippen LogP contribution is 2.58. The molecule has 1 aliphatic carbocycles. The molecule has 2 N–H and O–H groups in total. The Morgan fingerprint density at radius 2 is 0.960 bits per heavy atom. The van der Waals surface area contributed by atoms with Crippen molar-refractivity contribution in [2.45, 2.75) is 127 Å². The lowest BCUT2D eigenvalue weighted by Gasteiger charge is -2.48. The Balaban J connectivity index is 0.00000126. The van der Waals surface area contributed by atoms with Crippen molar-refractivity contribution in [3.05, 3.63) is 0 Å². The highest BCUT2D eigenvalue weighted by molar-refractivity contribution is 5.76. The third-order valence-electron chi connectivity index (χ3n) is 8.13. The van der Waals surface area contributed by atoms with Crippen LogP contribution in [0.5, 0.6) is 0 Å². The molecule has 0 heterocycles. The molecule has 24 heteroatoms. The van der Waals surface area contributed by atoms with Gasteiger partial charge in [-0.25, -0.2) is 0 Å². The average molecular weight is 782 g/mol. The predicted octanol–water partition coefficient (Wildman–Crippen LogP) is 8.53. The largest absolute Gasteiger partial charge is 0.462 e. The molecule has 0 amide bonds. The number of aliphatic hydroxyl groups is 2. The van der Waals surface area contributed by atoms with Crippen molar-refractivity contribution >= 4 is 11.9 Å². The van der Waals surface area contributed by atoms with Gasteiger partial charge in [-0.2, -0.15) is 79.0 Å². The molecule has 6 nitrogen and oxygen atoms in total. The number of ether oxygens (including phenoxy) is 2. The van der Waals surface area contributed by atoms with Crippen molar-refractivity contribution in [2.75, 3.05) is 0 Å². The Morgan fingerprint density at radius 3 is 1.20 bits per heavy atom. The normalized spacial score (nSPS) is 21.3. The number of carbonyl (C=O) groups excluding carboxylic acids is 2. The fraction of sp³-hybridized carbons (Fsp3) is 0.923. The summed E-state index contributed by atoms with van der Waals surface area (Å²) in [6.45, 7) is 6.45. The van der Waals surface area contributed by atoms with Gasteiger partial charge in [-0.1, -0.05) is 20.8 Å². The first-order chi connectivity index (χ1) is 21.8. The lowest BCUT2D eigenvalue weighted by molar-refractivity contribution is -0.405. The molecule has 1 fully saturated rings.